The van der Waals surface area contributed by atoms with Crippen LogP contribution in [0.1, 0.15) is 22.8 Å². The number of hydrogen-bond donors (Lipinski definition) is 2. The van der Waals surface area contributed by atoms with Crippen LogP contribution in [-0.4, -0.2) is 47.8 Å². The fraction of sp³-hybridized carbons (Fsp3) is 0.357. The second-order valence-electron chi connectivity index (χ2n) is 4.49. The highest BCUT2D eigenvalue weighted by atomic mass is 16.5. The van der Waals surface area contributed by atoms with Crippen LogP contribution in [-0.2, 0) is 14.3 Å². The molecule has 0 aliphatic carbocycles. The Morgan fingerprint density at radius 3 is 2.38 bits per heavy atom. The molecular weight excluding hydrogens is 278 g/mol. The number of methoxy groups -OCH3 is 1. The van der Waals surface area contributed by atoms with Gasteiger partial charge < -0.3 is 14.9 Å². The summed E-state index contributed by atoms with van der Waals surface area (Å²) in [6.07, 6.45) is 0. The number of nitrogens with zero attached hydrogens (tertiary/aromatic N) is 1. The summed E-state index contributed by atoms with van der Waals surface area (Å²) < 4.78 is 4.74. The molecule has 1 amide bonds. The van der Waals surface area contributed by atoms with Gasteiger partial charge in [0.25, 0.3) is 5.91 Å². The molecule has 7 nitrogen and oxygen atoms in total. The van der Waals surface area contributed by atoms with Crippen molar-refractivity contribution in [3.05, 3.63) is 29.3 Å². The lowest BCUT2D eigenvalue weighted by molar-refractivity contribution is -0.140. The second-order valence-corrected chi connectivity index (χ2v) is 4.49. The minimum absolute atomic E-state index is 0.0713. The van der Waals surface area contributed by atoms with Crippen LogP contribution in [0.4, 0.5) is 5.69 Å². The van der Waals surface area contributed by atoms with Crippen LogP contribution >= 0.6 is 0 Å². The molecule has 0 saturated carbocycles. The fourth-order valence-electron chi connectivity index (χ4n) is 1.99. The van der Waals surface area contributed by atoms with E-state index in [1.54, 1.807) is 13.0 Å². The first-order valence-electron chi connectivity index (χ1n) is 6.18. The Labute approximate surface area is 121 Å². The smallest absolute Gasteiger partial charge is 0.337 e. The molecule has 114 valence electrons. The third kappa shape index (κ3) is 3.57. The molecule has 2 N–H and O–H groups in total. The average Bonchev–Trinajstić information content (AvgIpc) is 2.40. The highest BCUT2D eigenvalue weighted by Crippen LogP contribution is 2.27. The number of carboxylic acid groups (broad SMARTS) is 2. The van der Waals surface area contributed by atoms with Crippen molar-refractivity contribution in [2.75, 3.05) is 18.6 Å². The summed E-state index contributed by atoms with van der Waals surface area (Å²) in [5.74, 6) is -3.09. The van der Waals surface area contributed by atoms with Gasteiger partial charge in [-0.15, -0.1) is 0 Å². The maximum absolute atomic E-state index is 12.2. The maximum atomic E-state index is 12.2. The zero-order valence-corrected chi connectivity index (χ0v) is 12.0. The number of carboxylic acids is 2. The molecule has 0 saturated heterocycles. The van der Waals surface area contributed by atoms with E-state index in [9.17, 15) is 19.5 Å². The topological polar surface area (TPSA) is 104 Å². The number of para-hydroxylation sites is 1. The normalized spacial score (nSPS) is 11.8. The molecule has 1 rings (SSSR count). The second kappa shape index (κ2) is 6.85. The molecule has 7 heteroatoms. The van der Waals surface area contributed by atoms with Crippen molar-refractivity contribution < 1.29 is 29.3 Å². The molecule has 21 heavy (non-hydrogen) atoms. The Hall–Kier alpha value is -2.41. The summed E-state index contributed by atoms with van der Waals surface area (Å²) in [7, 11) is 1.30. The average molecular weight is 295 g/mol. The number of ether oxygens (including phenoxy) is 1. The van der Waals surface area contributed by atoms with Gasteiger partial charge in [-0.1, -0.05) is 12.1 Å². The molecule has 0 bridgehead atoms. The molecule has 0 heterocycles. The number of benzene rings is 1. The molecule has 0 radical (unpaired) electrons. The number of aromatic carboxylic acids is 1. The summed E-state index contributed by atoms with van der Waals surface area (Å²) in [5.41, 5.74) is 0.432. The van der Waals surface area contributed by atoms with E-state index in [2.05, 4.69) is 0 Å². The number of amides is 1. The van der Waals surface area contributed by atoms with Gasteiger partial charge in [0.2, 0.25) is 0 Å². The third-order valence-electron chi connectivity index (χ3n) is 2.99. The van der Waals surface area contributed by atoms with Crippen molar-refractivity contribution in [3.63, 3.8) is 0 Å². The number of aliphatic carboxylic acids is 1. The largest absolute Gasteiger partial charge is 0.480 e. The minimum atomic E-state index is -1.24. The van der Waals surface area contributed by atoms with E-state index in [4.69, 9.17) is 9.84 Å². The van der Waals surface area contributed by atoms with Gasteiger partial charge in [0.05, 0.1) is 11.3 Å². The van der Waals surface area contributed by atoms with E-state index in [1.807, 2.05) is 0 Å². The van der Waals surface area contributed by atoms with Gasteiger partial charge in [-0.2, -0.15) is 0 Å². The Balaban J connectivity index is 3.49. The zero-order chi connectivity index (χ0) is 16.2. The van der Waals surface area contributed by atoms with Gasteiger partial charge in [-0.05, 0) is 25.5 Å². The van der Waals surface area contributed by atoms with E-state index in [0.29, 0.717) is 5.56 Å². The molecule has 0 aliphatic heterocycles. The number of rotatable bonds is 6. The summed E-state index contributed by atoms with van der Waals surface area (Å²) in [4.78, 5) is 35.7. The highest BCUT2D eigenvalue weighted by Gasteiger charge is 2.31. The predicted molar refractivity (Wildman–Crippen MR) is 74.6 cm³/mol. The van der Waals surface area contributed by atoms with Gasteiger partial charge in [-0.3, -0.25) is 9.69 Å². The molecule has 1 aromatic rings. The first-order chi connectivity index (χ1) is 9.81. The van der Waals surface area contributed by atoms with Crippen LogP contribution in [0.3, 0.4) is 0 Å². The van der Waals surface area contributed by atoms with E-state index in [1.165, 1.54) is 26.2 Å². The molecule has 0 aromatic heterocycles. The van der Waals surface area contributed by atoms with Crippen molar-refractivity contribution in [2.45, 2.75) is 19.9 Å². The van der Waals surface area contributed by atoms with Gasteiger partial charge in [0.15, 0.2) is 0 Å². The zero-order valence-electron chi connectivity index (χ0n) is 12.0. The molecule has 1 aromatic carbocycles. The lowest BCUT2D eigenvalue weighted by Crippen LogP contribution is -2.46. The SMILES string of the molecule is COCC(=O)N(c1c(C)cccc1C(=O)O)[C@@H](C)C(=O)O. The van der Waals surface area contributed by atoms with Gasteiger partial charge in [-0.25, -0.2) is 9.59 Å². The van der Waals surface area contributed by atoms with Gasteiger partial charge >= 0.3 is 11.9 Å². The Morgan fingerprint density at radius 1 is 1.29 bits per heavy atom. The lowest BCUT2D eigenvalue weighted by atomic mass is 10.0. The molecule has 0 unspecified atom stereocenters. The van der Waals surface area contributed by atoms with E-state index < -0.39 is 23.9 Å². The summed E-state index contributed by atoms with van der Waals surface area (Å²) in [6.45, 7) is 2.59. The van der Waals surface area contributed by atoms with Gasteiger partial charge in [0, 0.05) is 7.11 Å². The Kier molecular flexibility index (Phi) is 5.43. The van der Waals surface area contributed by atoms with E-state index in [-0.39, 0.29) is 17.9 Å². The highest BCUT2D eigenvalue weighted by molar-refractivity contribution is 6.06. The molecular formula is C14H17NO6. The summed E-state index contributed by atoms with van der Waals surface area (Å²) in [6, 6.07) is 3.26. The number of carbonyl (C=O) groups excluding carboxylic acids is 1. The van der Waals surface area contributed by atoms with Crippen molar-refractivity contribution >= 4 is 23.5 Å². The molecule has 0 spiro atoms. The Morgan fingerprint density at radius 2 is 1.90 bits per heavy atom. The van der Waals surface area contributed by atoms with Crippen molar-refractivity contribution in [3.8, 4) is 0 Å². The van der Waals surface area contributed by atoms with Crippen molar-refractivity contribution in [1.82, 2.24) is 0 Å². The molecule has 1 atom stereocenters. The van der Waals surface area contributed by atoms with Crippen molar-refractivity contribution in [2.24, 2.45) is 0 Å². The summed E-state index contributed by atoms with van der Waals surface area (Å²) in [5, 5.41) is 18.4. The first kappa shape index (κ1) is 16.6. The lowest BCUT2D eigenvalue weighted by Gasteiger charge is -2.29. The number of anilines is 1. The predicted octanol–water partition coefficient (Wildman–Crippen LogP) is 1.15. The minimum Gasteiger partial charge on any atom is -0.480 e. The van der Waals surface area contributed by atoms with E-state index in [0.717, 1.165) is 4.90 Å². The number of aryl methyl sites for hydroxylation is 1. The van der Waals surface area contributed by atoms with Crippen LogP contribution in [0.15, 0.2) is 18.2 Å². The maximum Gasteiger partial charge on any atom is 0.337 e. The molecule has 0 fully saturated rings. The molecule has 0 aliphatic rings. The van der Waals surface area contributed by atoms with Crippen LogP contribution < -0.4 is 4.90 Å². The Bertz CT molecular complexity index is 569. The van der Waals surface area contributed by atoms with Crippen LogP contribution in [0, 0.1) is 6.92 Å². The van der Waals surface area contributed by atoms with Crippen LogP contribution in [0.5, 0.6) is 0 Å². The van der Waals surface area contributed by atoms with Crippen LogP contribution in [0.25, 0.3) is 0 Å². The van der Waals surface area contributed by atoms with E-state index >= 15 is 0 Å². The van der Waals surface area contributed by atoms with Gasteiger partial charge in [0.1, 0.15) is 12.6 Å². The number of carbonyl (C=O) groups is 3. The number of hydrogen-bond acceptors (Lipinski definition) is 4. The standard InChI is InChI=1S/C14H17NO6/c1-8-5-4-6-10(14(19)20)12(8)15(9(2)13(17)18)11(16)7-21-3/h4-6,9H,7H2,1-3H3,(H,17,18)(H,19,20)/t9-/m0/s1. The van der Waals surface area contributed by atoms with Crippen molar-refractivity contribution in [1.29, 1.82) is 0 Å². The quantitative estimate of drug-likeness (QED) is 0.815. The monoisotopic (exact) mass is 295 g/mol. The fourth-order valence-corrected chi connectivity index (χ4v) is 1.99. The third-order valence-corrected chi connectivity index (χ3v) is 2.99. The first-order valence-corrected chi connectivity index (χ1v) is 6.18. The summed E-state index contributed by atoms with van der Waals surface area (Å²) >= 11 is 0. The van der Waals surface area contributed by atoms with Crippen LogP contribution in [0.2, 0.25) is 0 Å².